The van der Waals surface area contributed by atoms with Crippen LogP contribution in [-0.4, -0.2) is 25.5 Å². The van der Waals surface area contributed by atoms with Crippen molar-refractivity contribution >= 4 is 18.2 Å². The van der Waals surface area contributed by atoms with Crippen molar-refractivity contribution in [3.63, 3.8) is 0 Å². The number of piperidine rings is 1. The summed E-state index contributed by atoms with van der Waals surface area (Å²) in [5.74, 6) is 2.51. The van der Waals surface area contributed by atoms with Gasteiger partial charge in [-0.3, -0.25) is 4.79 Å². The van der Waals surface area contributed by atoms with Gasteiger partial charge in [-0.15, -0.1) is 12.4 Å². The van der Waals surface area contributed by atoms with Gasteiger partial charge in [-0.25, -0.2) is 0 Å². The maximum Gasteiger partial charge on any atom is 0.134 e. The summed E-state index contributed by atoms with van der Waals surface area (Å²) >= 11 is 0. The molecule has 3 nitrogen and oxygen atoms in total. The number of fused-ring (bicyclic) bond motifs is 1. The lowest BCUT2D eigenvalue weighted by Crippen LogP contribution is -2.63. The zero-order valence-corrected chi connectivity index (χ0v) is 14.7. The Labute approximate surface area is 144 Å². The van der Waals surface area contributed by atoms with Crippen LogP contribution >= 0.6 is 12.4 Å². The molecule has 1 heterocycles. The van der Waals surface area contributed by atoms with Crippen molar-refractivity contribution in [3.05, 3.63) is 29.3 Å². The molecule has 2 fully saturated rings. The molecule has 3 aliphatic rings. The standard InChI is InChI=1S/C19H25NO2.ClH/c1-3-12-8-14(21)11-19-6-7-20-17(18(12)19)9-13-4-5-15(22-2)10-16(13)19;/h4-5,10,12,17-18,20H,3,6-9,11H2,1-2H3;1H/t12-,17+,18-,19+;/m0./s1. The predicted molar refractivity (Wildman–Crippen MR) is 93.5 cm³/mol. The van der Waals surface area contributed by atoms with E-state index in [0.29, 0.717) is 23.7 Å². The maximum absolute atomic E-state index is 12.5. The summed E-state index contributed by atoms with van der Waals surface area (Å²) in [6, 6.07) is 7.03. The summed E-state index contributed by atoms with van der Waals surface area (Å²) in [7, 11) is 1.73. The number of carbonyl (C=O) groups is 1. The normalized spacial score (nSPS) is 34.9. The molecule has 1 aromatic carbocycles. The molecule has 23 heavy (non-hydrogen) atoms. The molecule has 1 saturated heterocycles. The first-order valence-corrected chi connectivity index (χ1v) is 8.60. The highest BCUT2D eigenvalue weighted by Crippen LogP contribution is 2.56. The molecule has 0 spiro atoms. The van der Waals surface area contributed by atoms with Crippen LogP contribution < -0.4 is 10.1 Å². The van der Waals surface area contributed by atoms with Crippen LogP contribution in [0.15, 0.2) is 18.2 Å². The molecule has 4 rings (SSSR count). The van der Waals surface area contributed by atoms with E-state index < -0.39 is 0 Å². The van der Waals surface area contributed by atoms with E-state index in [4.69, 9.17) is 4.74 Å². The zero-order valence-electron chi connectivity index (χ0n) is 13.9. The Kier molecular flexibility index (Phi) is 4.45. The van der Waals surface area contributed by atoms with Gasteiger partial charge in [-0.1, -0.05) is 19.4 Å². The quantitative estimate of drug-likeness (QED) is 0.901. The lowest BCUT2D eigenvalue weighted by atomic mass is 9.49. The Morgan fingerprint density at radius 3 is 2.91 bits per heavy atom. The summed E-state index contributed by atoms with van der Waals surface area (Å²) in [4.78, 5) is 12.5. The summed E-state index contributed by atoms with van der Waals surface area (Å²) in [5, 5.41) is 3.75. The number of hydrogen-bond acceptors (Lipinski definition) is 3. The van der Waals surface area contributed by atoms with Crippen molar-refractivity contribution < 1.29 is 9.53 Å². The van der Waals surface area contributed by atoms with Crippen molar-refractivity contribution in [3.8, 4) is 5.75 Å². The number of methoxy groups -OCH3 is 1. The van der Waals surface area contributed by atoms with E-state index in [1.807, 2.05) is 0 Å². The van der Waals surface area contributed by atoms with Crippen molar-refractivity contribution in [1.82, 2.24) is 5.32 Å². The molecule has 1 aromatic rings. The minimum Gasteiger partial charge on any atom is -0.497 e. The number of halogens is 1. The van der Waals surface area contributed by atoms with E-state index in [9.17, 15) is 4.79 Å². The van der Waals surface area contributed by atoms with Crippen molar-refractivity contribution in [2.75, 3.05) is 13.7 Å². The third-order valence-electron chi connectivity index (χ3n) is 6.38. The van der Waals surface area contributed by atoms with Gasteiger partial charge in [0, 0.05) is 24.3 Å². The number of ether oxygens (including phenoxy) is 1. The predicted octanol–water partition coefficient (Wildman–Crippen LogP) is 3.28. The van der Waals surface area contributed by atoms with Crippen LogP contribution in [0, 0.1) is 11.8 Å². The highest BCUT2D eigenvalue weighted by Gasteiger charge is 2.56. The first-order valence-electron chi connectivity index (χ1n) is 8.60. The Morgan fingerprint density at radius 2 is 2.17 bits per heavy atom. The zero-order chi connectivity index (χ0) is 15.3. The third-order valence-corrected chi connectivity index (χ3v) is 6.38. The molecule has 2 aliphatic carbocycles. The Hall–Kier alpha value is -1.06. The molecule has 0 amide bonds. The van der Waals surface area contributed by atoms with Gasteiger partial charge >= 0.3 is 0 Å². The molecule has 1 N–H and O–H groups in total. The van der Waals surface area contributed by atoms with Crippen LogP contribution in [0.5, 0.6) is 5.75 Å². The Balaban J connectivity index is 0.00000156. The second-order valence-corrected chi connectivity index (χ2v) is 7.31. The minimum absolute atomic E-state index is 0. The number of rotatable bonds is 2. The lowest BCUT2D eigenvalue weighted by Gasteiger charge is -2.58. The fourth-order valence-electron chi connectivity index (χ4n) is 5.56. The molecule has 1 aliphatic heterocycles. The van der Waals surface area contributed by atoms with Gasteiger partial charge in [0.1, 0.15) is 11.5 Å². The first kappa shape index (κ1) is 16.8. The number of nitrogens with one attached hydrogen (secondary N) is 1. The first-order chi connectivity index (χ1) is 10.7. The topological polar surface area (TPSA) is 38.3 Å². The fourth-order valence-corrected chi connectivity index (χ4v) is 5.56. The monoisotopic (exact) mass is 335 g/mol. The molecule has 126 valence electrons. The largest absolute Gasteiger partial charge is 0.497 e. The van der Waals surface area contributed by atoms with Gasteiger partial charge < -0.3 is 10.1 Å². The summed E-state index contributed by atoms with van der Waals surface area (Å²) in [5.41, 5.74) is 2.87. The minimum atomic E-state index is 0. The van der Waals surface area contributed by atoms with Gasteiger partial charge in [0.2, 0.25) is 0 Å². The van der Waals surface area contributed by atoms with Crippen molar-refractivity contribution in [2.45, 2.75) is 50.5 Å². The van der Waals surface area contributed by atoms with Crippen molar-refractivity contribution in [2.24, 2.45) is 11.8 Å². The average Bonchev–Trinajstić information content (AvgIpc) is 2.53. The van der Waals surface area contributed by atoms with E-state index in [0.717, 1.165) is 44.4 Å². The number of Topliss-reactive ketones (excluding diaryl/α,β-unsaturated/α-hetero) is 1. The highest BCUT2D eigenvalue weighted by atomic mass is 35.5. The van der Waals surface area contributed by atoms with E-state index in [1.165, 1.54) is 11.1 Å². The third kappa shape index (κ3) is 2.40. The highest BCUT2D eigenvalue weighted by molar-refractivity contribution is 5.85. The van der Waals surface area contributed by atoms with E-state index in [1.54, 1.807) is 7.11 Å². The SMILES string of the molecule is CC[C@H]1CC(=O)C[C@]23CCN[C@H](Cc4ccc(OC)cc42)[C@H]13.Cl. The number of benzene rings is 1. The molecule has 1 saturated carbocycles. The summed E-state index contributed by atoms with van der Waals surface area (Å²) in [6.45, 7) is 3.27. The van der Waals surface area contributed by atoms with Crippen LogP contribution in [0.2, 0.25) is 0 Å². The molecular formula is C19H26ClNO2. The Bertz CT molecular complexity index is 617. The molecule has 4 atom stereocenters. The molecule has 4 heteroatoms. The van der Waals surface area contributed by atoms with Crippen LogP contribution in [-0.2, 0) is 16.6 Å². The van der Waals surface area contributed by atoms with Crippen LogP contribution in [0.25, 0.3) is 0 Å². The van der Waals surface area contributed by atoms with Gasteiger partial charge in [-0.2, -0.15) is 0 Å². The van der Waals surface area contributed by atoms with Crippen LogP contribution in [0.1, 0.15) is 43.7 Å². The van der Waals surface area contributed by atoms with E-state index >= 15 is 0 Å². The maximum atomic E-state index is 12.5. The second kappa shape index (κ2) is 6.10. The lowest BCUT2D eigenvalue weighted by molar-refractivity contribution is -0.128. The molecule has 0 radical (unpaired) electrons. The Morgan fingerprint density at radius 1 is 1.35 bits per heavy atom. The number of ketones is 1. The molecule has 0 aromatic heterocycles. The summed E-state index contributed by atoms with van der Waals surface area (Å²) in [6.07, 6.45) is 4.79. The molecular weight excluding hydrogens is 310 g/mol. The van der Waals surface area contributed by atoms with Crippen LogP contribution in [0.4, 0.5) is 0 Å². The second-order valence-electron chi connectivity index (χ2n) is 7.31. The van der Waals surface area contributed by atoms with Gasteiger partial charge in [0.05, 0.1) is 7.11 Å². The van der Waals surface area contributed by atoms with E-state index in [-0.39, 0.29) is 17.8 Å². The average molecular weight is 336 g/mol. The van der Waals surface area contributed by atoms with E-state index in [2.05, 4.69) is 30.4 Å². The molecule has 2 bridgehead atoms. The van der Waals surface area contributed by atoms with Crippen molar-refractivity contribution in [1.29, 1.82) is 0 Å². The van der Waals surface area contributed by atoms with Gasteiger partial charge in [0.15, 0.2) is 0 Å². The fraction of sp³-hybridized carbons (Fsp3) is 0.632. The molecule has 0 unspecified atom stereocenters. The number of hydrogen-bond donors (Lipinski definition) is 1. The smallest absolute Gasteiger partial charge is 0.134 e. The number of carbonyl (C=O) groups excluding carboxylic acids is 1. The summed E-state index contributed by atoms with van der Waals surface area (Å²) < 4.78 is 5.47. The van der Waals surface area contributed by atoms with Gasteiger partial charge in [-0.05, 0) is 54.5 Å². The van der Waals surface area contributed by atoms with Crippen LogP contribution in [0.3, 0.4) is 0 Å². The van der Waals surface area contributed by atoms with Gasteiger partial charge in [0.25, 0.3) is 0 Å².